The molecule has 0 saturated carbocycles. The number of hydrogen-bond acceptors (Lipinski definition) is 4. The summed E-state index contributed by atoms with van der Waals surface area (Å²) < 4.78 is 0. The lowest BCUT2D eigenvalue weighted by Crippen LogP contribution is -2.28. The minimum Gasteiger partial charge on any atom is -0.545 e. The average molecular weight is 386 g/mol. The number of carbonyl (C=O) groups excluding carboxylic acids is 1. The highest BCUT2D eigenvalue weighted by atomic mass is 32.1. The van der Waals surface area contributed by atoms with E-state index in [0.29, 0.717) is 11.3 Å². The van der Waals surface area contributed by atoms with Gasteiger partial charge in [0.2, 0.25) is 0 Å². The van der Waals surface area contributed by atoms with Gasteiger partial charge in [-0.1, -0.05) is 60.7 Å². The zero-order valence-electron chi connectivity index (χ0n) is 14.8. The van der Waals surface area contributed by atoms with Crippen LogP contribution < -0.4 is 16.3 Å². The molecule has 0 fully saturated rings. The van der Waals surface area contributed by atoms with Gasteiger partial charge >= 0.3 is 0 Å². The highest BCUT2D eigenvalue weighted by Crippen LogP contribution is 2.37. The van der Waals surface area contributed by atoms with Gasteiger partial charge in [-0.3, -0.25) is 5.43 Å². The standard InChI is InChI=1S/C22H17N3O2S/c23-22(28)25-24-20(18-7-3-4-8-19(18)21(26)27)14-9-10-17-15(12-14)11-13-5-1-2-6-16(13)17/h1-10,12H,11H2,(H,26,27)(H3,23,25,28)/p-1. The Hall–Kier alpha value is -3.51. The number of nitrogens with one attached hydrogen (secondary N) is 1. The van der Waals surface area contributed by atoms with Crippen molar-refractivity contribution in [1.82, 2.24) is 5.43 Å². The van der Waals surface area contributed by atoms with E-state index >= 15 is 0 Å². The summed E-state index contributed by atoms with van der Waals surface area (Å²) in [6.07, 6.45) is 0.817. The molecular formula is C22H16N3O2S-. The number of benzene rings is 3. The van der Waals surface area contributed by atoms with E-state index in [2.05, 4.69) is 22.7 Å². The number of carboxylic acid groups (broad SMARTS) is 1. The van der Waals surface area contributed by atoms with E-state index in [-0.39, 0.29) is 10.7 Å². The summed E-state index contributed by atoms with van der Waals surface area (Å²) in [6, 6.07) is 20.8. The number of aromatic carboxylic acids is 1. The summed E-state index contributed by atoms with van der Waals surface area (Å²) in [5.74, 6) is -1.27. The van der Waals surface area contributed by atoms with Crippen LogP contribution in [0.3, 0.4) is 0 Å². The average Bonchev–Trinajstić information content (AvgIpc) is 3.06. The lowest BCUT2D eigenvalue weighted by molar-refractivity contribution is -0.255. The number of thiocarbonyl (C=S) groups is 1. The quantitative estimate of drug-likeness (QED) is 0.319. The number of carboxylic acids is 1. The van der Waals surface area contributed by atoms with Crippen molar-refractivity contribution >= 4 is 29.0 Å². The van der Waals surface area contributed by atoms with E-state index in [1.165, 1.54) is 22.8 Å². The van der Waals surface area contributed by atoms with Crippen LogP contribution in [0, 0.1) is 0 Å². The zero-order valence-corrected chi connectivity index (χ0v) is 15.6. The Labute approximate surface area is 167 Å². The predicted molar refractivity (Wildman–Crippen MR) is 111 cm³/mol. The number of rotatable bonds is 4. The minimum atomic E-state index is -1.27. The maximum absolute atomic E-state index is 11.6. The molecule has 138 valence electrons. The van der Waals surface area contributed by atoms with Crippen molar-refractivity contribution in [2.75, 3.05) is 0 Å². The molecule has 0 unspecified atom stereocenters. The van der Waals surface area contributed by atoms with Crippen molar-refractivity contribution in [2.45, 2.75) is 6.42 Å². The molecule has 0 aromatic heterocycles. The van der Waals surface area contributed by atoms with Crippen molar-refractivity contribution < 1.29 is 9.90 Å². The molecule has 0 amide bonds. The largest absolute Gasteiger partial charge is 0.545 e. The van der Waals surface area contributed by atoms with Crippen LogP contribution in [0.25, 0.3) is 11.1 Å². The van der Waals surface area contributed by atoms with Crippen LogP contribution in [0.2, 0.25) is 0 Å². The maximum Gasteiger partial charge on any atom is 0.184 e. The van der Waals surface area contributed by atoms with Crippen molar-refractivity contribution in [3.63, 3.8) is 0 Å². The third-order valence-corrected chi connectivity index (χ3v) is 4.84. The molecule has 0 radical (unpaired) electrons. The lowest BCUT2D eigenvalue weighted by atomic mass is 9.95. The van der Waals surface area contributed by atoms with E-state index in [1.807, 2.05) is 30.3 Å². The molecule has 0 bridgehead atoms. The van der Waals surface area contributed by atoms with Crippen LogP contribution in [0.4, 0.5) is 0 Å². The van der Waals surface area contributed by atoms with Gasteiger partial charge in [-0.05, 0) is 47.0 Å². The second-order valence-corrected chi connectivity index (χ2v) is 6.92. The van der Waals surface area contributed by atoms with E-state index in [9.17, 15) is 9.90 Å². The normalized spacial score (nSPS) is 12.2. The second-order valence-electron chi connectivity index (χ2n) is 6.48. The highest BCUT2D eigenvalue weighted by Gasteiger charge is 2.20. The molecular weight excluding hydrogens is 370 g/mol. The van der Waals surface area contributed by atoms with Gasteiger partial charge in [0.25, 0.3) is 0 Å². The predicted octanol–water partition coefficient (Wildman–Crippen LogP) is 2.21. The first-order valence-electron chi connectivity index (χ1n) is 8.70. The Bertz CT molecular complexity index is 1140. The molecule has 3 N–H and O–H groups in total. The Balaban J connectivity index is 1.84. The highest BCUT2D eigenvalue weighted by molar-refractivity contribution is 7.80. The summed E-state index contributed by atoms with van der Waals surface area (Å²) in [5.41, 5.74) is 14.6. The molecule has 0 spiro atoms. The summed E-state index contributed by atoms with van der Waals surface area (Å²) in [7, 11) is 0. The smallest absolute Gasteiger partial charge is 0.184 e. The Morgan fingerprint density at radius 1 is 0.964 bits per heavy atom. The molecule has 3 aromatic carbocycles. The molecule has 0 atom stereocenters. The molecule has 5 nitrogen and oxygen atoms in total. The molecule has 4 rings (SSSR count). The summed E-state index contributed by atoms with van der Waals surface area (Å²) in [5, 5.41) is 15.9. The summed E-state index contributed by atoms with van der Waals surface area (Å²) in [4.78, 5) is 11.6. The van der Waals surface area contributed by atoms with Crippen molar-refractivity contribution in [1.29, 1.82) is 0 Å². The third-order valence-electron chi connectivity index (χ3n) is 4.75. The van der Waals surface area contributed by atoms with Gasteiger partial charge < -0.3 is 15.6 Å². The van der Waals surface area contributed by atoms with Gasteiger partial charge in [0, 0.05) is 16.7 Å². The summed E-state index contributed by atoms with van der Waals surface area (Å²) >= 11 is 4.86. The molecule has 0 aliphatic heterocycles. The third kappa shape index (κ3) is 3.25. The van der Waals surface area contributed by atoms with Crippen LogP contribution in [0.1, 0.15) is 32.6 Å². The van der Waals surface area contributed by atoms with Crippen molar-refractivity contribution in [3.8, 4) is 11.1 Å². The fourth-order valence-electron chi connectivity index (χ4n) is 3.55. The van der Waals surface area contributed by atoms with Gasteiger partial charge in [0.15, 0.2) is 5.11 Å². The zero-order chi connectivity index (χ0) is 19.7. The molecule has 3 aromatic rings. The Kier molecular flexibility index (Phi) is 4.63. The monoisotopic (exact) mass is 386 g/mol. The number of hydrogen-bond donors (Lipinski definition) is 2. The Morgan fingerprint density at radius 2 is 1.64 bits per heavy atom. The number of carbonyl (C=O) groups is 1. The van der Waals surface area contributed by atoms with E-state index < -0.39 is 5.97 Å². The van der Waals surface area contributed by atoms with Crippen molar-refractivity contribution in [3.05, 3.63) is 94.5 Å². The number of hydrazone groups is 1. The molecule has 0 heterocycles. The first-order chi connectivity index (χ1) is 13.5. The molecule has 0 saturated heterocycles. The minimum absolute atomic E-state index is 0.00278. The number of nitrogens with zero attached hydrogens (tertiary/aromatic N) is 1. The topological polar surface area (TPSA) is 90.5 Å². The van der Waals surface area contributed by atoms with Crippen LogP contribution >= 0.6 is 12.2 Å². The van der Waals surface area contributed by atoms with Gasteiger partial charge in [0.1, 0.15) is 0 Å². The Morgan fingerprint density at radius 3 is 2.39 bits per heavy atom. The van der Waals surface area contributed by atoms with Crippen LogP contribution in [-0.2, 0) is 6.42 Å². The number of fused-ring (bicyclic) bond motifs is 3. The number of nitrogens with two attached hydrogens (primary N) is 1. The van der Waals surface area contributed by atoms with Gasteiger partial charge in [-0.25, -0.2) is 0 Å². The lowest BCUT2D eigenvalue weighted by Gasteiger charge is -2.14. The first-order valence-corrected chi connectivity index (χ1v) is 9.11. The van der Waals surface area contributed by atoms with E-state index in [0.717, 1.165) is 17.5 Å². The van der Waals surface area contributed by atoms with Crippen LogP contribution in [-0.4, -0.2) is 16.8 Å². The maximum atomic E-state index is 11.6. The van der Waals surface area contributed by atoms with E-state index in [4.69, 9.17) is 18.0 Å². The van der Waals surface area contributed by atoms with Gasteiger partial charge in [-0.15, -0.1) is 0 Å². The van der Waals surface area contributed by atoms with Gasteiger partial charge in [0.05, 0.1) is 11.7 Å². The molecule has 1 aliphatic carbocycles. The molecule has 1 aliphatic rings. The molecule has 6 heteroatoms. The first kappa shape index (κ1) is 17.9. The van der Waals surface area contributed by atoms with Crippen LogP contribution in [0.5, 0.6) is 0 Å². The van der Waals surface area contributed by atoms with E-state index in [1.54, 1.807) is 18.2 Å². The fraction of sp³-hybridized carbons (Fsp3) is 0.0455. The second kappa shape index (κ2) is 7.25. The van der Waals surface area contributed by atoms with Crippen LogP contribution in [0.15, 0.2) is 71.8 Å². The molecule has 28 heavy (non-hydrogen) atoms. The van der Waals surface area contributed by atoms with Crippen molar-refractivity contribution in [2.24, 2.45) is 10.8 Å². The van der Waals surface area contributed by atoms with Gasteiger partial charge in [-0.2, -0.15) is 5.10 Å². The SMILES string of the molecule is NC(=S)NN=C(c1ccc2c(c1)Cc1ccccc1-2)c1ccccc1C(=O)[O-]. The fourth-order valence-corrected chi connectivity index (χ4v) is 3.60. The summed E-state index contributed by atoms with van der Waals surface area (Å²) in [6.45, 7) is 0.